The first kappa shape index (κ1) is 13.1. The minimum absolute atomic E-state index is 0.0306. The SMILES string of the molecule is NNc1snnc1COc1c(F)cc(F)cc1Br. The van der Waals surface area contributed by atoms with Gasteiger partial charge in [-0.05, 0) is 22.0 Å². The van der Waals surface area contributed by atoms with Gasteiger partial charge in [-0.3, -0.25) is 0 Å². The summed E-state index contributed by atoms with van der Waals surface area (Å²) in [5.74, 6) is 3.66. The van der Waals surface area contributed by atoms with Gasteiger partial charge < -0.3 is 10.2 Å². The van der Waals surface area contributed by atoms with E-state index in [2.05, 4.69) is 30.9 Å². The summed E-state index contributed by atoms with van der Waals surface area (Å²) < 4.78 is 35.4. The molecule has 0 bridgehead atoms. The van der Waals surface area contributed by atoms with Gasteiger partial charge in [0, 0.05) is 17.6 Å². The molecule has 3 N–H and O–H groups in total. The van der Waals surface area contributed by atoms with Gasteiger partial charge in [0.15, 0.2) is 16.6 Å². The van der Waals surface area contributed by atoms with Gasteiger partial charge in [-0.25, -0.2) is 14.6 Å². The summed E-state index contributed by atoms with van der Waals surface area (Å²) in [6, 6.07) is 1.85. The predicted octanol–water partition coefficient (Wildman–Crippen LogP) is 2.44. The van der Waals surface area contributed by atoms with Gasteiger partial charge in [0.25, 0.3) is 0 Å². The predicted molar refractivity (Wildman–Crippen MR) is 66.1 cm³/mol. The molecule has 0 saturated carbocycles. The van der Waals surface area contributed by atoms with Crippen molar-refractivity contribution < 1.29 is 13.5 Å². The Morgan fingerprint density at radius 1 is 1.44 bits per heavy atom. The van der Waals surface area contributed by atoms with Crippen LogP contribution in [0.1, 0.15) is 5.69 Å². The normalized spacial score (nSPS) is 10.4. The molecule has 9 heteroatoms. The highest BCUT2D eigenvalue weighted by molar-refractivity contribution is 9.10. The number of nitrogens with two attached hydrogens (primary N) is 1. The zero-order valence-corrected chi connectivity index (χ0v) is 11.2. The van der Waals surface area contributed by atoms with E-state index in [-0.39, 0.29) is 16.8 Å². The Kier molecular flexibility index (Phi) is 4.04. The molecule has 2 aromatic rings. The smallest absolute Gasteiger partial charge is 0.169 e. The second-order valence-electron chi connectivity index (χ2n) is 3.18. The van der Waals surface area contributed by atoms with Crippen LogP contribution in [0, 0.1) is 11.6 Å². The maximum Gasteiger partial charge on any atom is 0.169 e. The number of aromatic nitrogens is 2. The summed E-state index contributed by atoms with van der Waals surface area (Å²) in [4.78, 5) is 0. The van der Waals surface area contributed by atoms with E-state index in [0.717, 1.165) is 23.7 Å². The number of nitrogens with zero attached hydrogens (tertiary/aromatic N) is 2. The van der Waals surface area contributed by atoms with Crippen LogP contribution in [0.3, 0.4) is 0 Å². The summed E-state index contributed by atoms with van der Waals surface area (Å²) in [5, 5.41) is 4.29. The third-order valence-corrected chi connectivity index (χ3v) is 3.29. The van der Waals surface area contributed by atoms with Gasteiger partial charge in [0.1, 0.15) is 18.1 Å². The first-order chi connectivity index (χ1) is 8.61. The van der Waals surface area contributed by atoms with Crippen LogP contribution >= 0.6 is 27.5 Å². The topological polar surface area (TPSA) is 73.1 Å². The zero-order valence-electron chi connectivity index (χ0n) is 8.78. The largest absolute Gasteiger partial charge is 0.483 e. The molecule has 0 radical (unpaired) electrons. The van der Waals surface area contributed by atoms with Gasteiger partial charge in [-0.2, -0.15) is 0 Å². The molecule has 5 nitrogen and oxygen atoms in total. The molecule has 0 fully saturated rings. The lowest BCUT2D eigenvalue weighted by atomic mass is 10.3. The Bertz CT molecular complexity index is 542. The van der Waals surface area contributed by atoms with Crippen LogP contribution in [0.4, 0.5) is 13.8 Å². The molecule has 0 aliphatic rings. The molecular weight excluding hydrogens is 330 g/mol. The molecule has 1 heterocycles. The number of nitrogen functional groups attached to an aromatic ring is 1. The number of anilines is 1. The third-order valence-electron chi connectivity index (χ3n) is 2.00. The maximum absolute atomic E-state index is 13.5. The van der Waals surface area contributed by atoms with Crippen LogP contribution < -0.4 is 16.0 Å². The van der Waals surface area contributed by atoms with E-state index in [0.29, 0.717) is 10.7 Å². The number of hydrogen-bond acceptors (Lipinski definition) is 6. The van der Waals surface area contributed by atoms with Crippen molar-refractivity contribution in [2.24, 2.45) is 5.84 Å². The molecule has 0 aliphatic heterocycles. The van der Waals surface area contributed by atoms with E-state index in [9.17, 15) is 8.78 Å². The number of rotatable bonds is 4. The molecule has 96 valence electrons. The highest BCUT2D eigenvalue weighted by Gasteiger charge is 2.13. The van der Waals surface area contributed by atoms with Crippen molar-refractivity contribution in [3.05, 3.63) is 33.9 Å². The summed E-state index contributed by atoms with van der Waals surface area (Å²) in [5.41, 5.74) is 2.84. The third kappa shape index (κ3) is 2.74. The fourth-order valence-electron chi connectivity index (χ4n) is 1.22. The van der Waals surface area contributed by atoms with Crippen LogP contribution in [0.5, 0.6) is 5.75 Å². The summed E-state index contributed by atoms with van der Waals surface area (Å²) in [6.07, 6.45) is 0. The first-order valence-electron chi connectivity index (χ1n) is 4.67. The van der Waals surface area contributed by atoms with Gasteiger partial charge in [0.2, 0.25) is 0 Å². The summed E-state index contributed by atoms with van der Waals surface area (Å²) in [7, 11) is 0. The molecule has 0 atom stereocenters. The van der Waals surface area contributed by atoms with E-state index in [1.54, 1.807) is 0 Å². The van der Waals surface area contributed by atoms with Crippen LogP contribution in [-0.4, -0.2) is 9.59 Å². The lowest BCUT2D eigenvalue weighted by Gasteiger charge is -2.08. The van der Waals surface area contributed by atoms with Crippen molar-refractivity contribution >= 4 is 32.5 Å². The minimum Gasteiger partial charge on any atom is -0.483 e. The zero-order chi connectivity index (χ0) is 13.1. The number of halogens is 3. The van der Waals surface area contributed by atoms with Crippen LogP contribution in [-0.2, 0) is 6.61 Å². The first-order valence-corrected chi connectivity index (χ1v) is 6.23. The lowest BCUT2D eigenvalue weighted by Crippen LogP contribution is -2.09. The number of hydrogen-bond donors (Lipinski definition) is 2. The molecule has 0 aliphatic carbocycles. The fraction of sp³-hybridized carbons (Fsp3) is 0.111. The Balaban J connectivity index is 2.16. The van der Waals surface area contributed by atoms with Gasteiger partial charge in [-0.1, -0.05) is 4.49 Å². The molecule has 0 saturated heterocycles. The average Bonchev–Trinajstić information content (AvgIpc) is 2.75. The van der Waals surface area contributed by atoms with Crippen molar-refractivity contribution in [2.75, 3.05) is 5.43 Å². The summed E-state index contributed by atoms with van der Waals surface area (Å²) in [6.45, 7) is -0.0306. The standard InChI is InChI=1S/C9H7BrF2N4OS/c10-5-1-4(11)2-6(12)8(5)17-3-7-9(14-13)18-16-15-7/h1-2,14H,3,13H2. The maximum atomic E-state index is 13.5. The average molecular weight is 337 g/mol. The van der Waals surface area contributed by atoms with Gasteiger partial charge >= 0.3 is 0 Å². The molecule has 1 aromatic heterocycles. The van der Waals surface area contributed by atoms with Crippen LogP contribution in [0.2, 0.25) is 0 Å². The van der Waals surface area contributed by atoms with E-state index >= 15 is 0 Å². The van der Waals surface area contributed by atoms with Crippen LogP contribution in [0.15, 0.2) is 16.6 Å². The number of ether oxygens (including phenoxy) is 1. The number of hydrazine groups is 1. The molecular formula is C9H7BrF2N4OS. The molecule has 0 spiro atoms. The molecule has 18 heavy (non-hydrogen) atoms. The minimum atomic E-state index is -0.799. The Hall–Kier alpha value is -1.32. The Labute approximate surface area is 113 Å². The van der Waals surface area contributed by atoms with Crippen molar-refractivity contribution in [3.8, 4) is 5.75 Å². The second kappa shape index (κ2) is 5.55. The van der Waals surface area contributed by atoms with Crippen LogP contribution in [0.25, 0.3) is 0 Å². The molecule has 0 unspecified atom stereocenters. The van der Waals surface area contributed by atoms with E-state index in [1.807, 2.05) is 0 Å². The number of nitrogens with one attached hydrogen (secondary N) is 1. The van der Waals surface area contributed by atoms with Crippen molar-refractivity contribution in [3.63, 3.8) is 0 Å². The molecule has 1 aromatic carbocycles. The Morgan fingerprint density at radius 3 is 2.89 bits per heavy atom. The summed E-state index contributed by atoms with van der Waals surface area (Å²) >= 11 is 4.07. The van der Waals surface area contributed by atoms with E-state index < -0.39 is 11.6 Å². The molecule has 0 amide bonds. The van der Waals surface area contributed by atoms with E-state index in [1.165, 1.54) is 0 Å². The highest BCUT2D eigenvalue weighted by atomic mass is 79.9. The quantitative estimate of drug-likeness (QED) is 0.662. The van der Waals surface area contributed by atoms with Crippen molar-refractivity contribution in [1.29, 1.82) is 0 Å². The fourth-order valence-corrected chi connectivity index (χ4v) is 2.22. The number of benzene rings is 1. The highest BCUT2D eigenvalue weighted by Crippen LogP contribution is 2.30. The molecule has 2 rings (SSSR count). The van der Waals surface area contributed by atoms with Gasteiger partial charge in [0.05, 0.1) is 4.47 Å². The lowest BCUT2D eigenvalue weighted by molar-refractivity contribution is 0.283. The van der Waals surface area contributed by atoms with E-state index in [4.69, 9.17) is 10.6 Å². The van der Waals surface area contributed by atoms with Crippen molar-refractivity contribution in [1.82, 2.24) is 9.59 Å². The van der Waals surface area contributed by atoms with Gasteiger partial charge in [-0.15, -0.1) is 5.10 Å². The second-order valence-corrected chi connectivity index (χ2v) is 4.79. The monoisotopic (exact) mass is 336 g/mol. The van der Waals surface area contributed by atoms with Crippen molar-refractivity contribution in [2.45, 2.75) is 6.61 Å². The Morgan fingerprint density at radius 2 is 2.22 bits per heavy atom.